The van der Waals surface area contributed by atoms with Crippen LogP contribution in [0.4, 0.5) is 0 Å². The summed E-state index contributed by atoms with van der Waals surface area (Å²) in [4.78, 5) is 1.27. The molecule has 5 heteroatoms. The lowest BCUT2D eigenvalue weighted by atomic mass is 9.81. The molecule has 0 unspecified atom stereocenters. The number of hydrogen-bond acceptors (Lipinski definition) is 1. The standard InChI is InChI=1S/C14H12Br2Cl2S/c15-8-14(9-16,7-10-5-6-13(18)19-10)11-3-1-2-4-12(11)17/h1-6H,7-9H2. The average molecular weight is 443 g/mol. The van der Waals surface area contributed by atoms with Crippen LogP contribution in [0.5, 0.6) is 0 Å². The van der Waals surface area contributed by atoms with Crippen LogP contribution in [0.1, 0.15) is 10.4 Å². The van der Waals surface area contributed by atoms with Gasteiger partial charge in [0.05, 0.1) is 4.34 Å². The topological polar surface area (TPSA) is 0 Å². The quantitative estimate of drug-likeness (QED) is 0.475. The Morgan fingerprint density at radius 1 is 1.00 bits per heavy atom. The molecule has 0 aliphatic heterocycles. The number of hydrogen-bond donors (Lipinski definition) is 0. The molecule has 0 saturated carbocycles. The van der Waals surface area contributed by atoms with Gasteiger partial charge in [-0.05, 0) is 30.2 Å². The van der Waals surface area contributed by atoms with Gasteiger partial charge in [-0.1, -0.05) is 73.3 Å². The predicted octanol–water partition coefficient (Wildman–Crippen LogP) is 6.33. The van der Waals surface area contributed by atoms with Gasteiger partial charge in [-0.15, -0.1) is 11.3 Å². The highest BCUT2D eigenvalue weighted by molar-refractivity contribution is 9.09. The van der Waals surface area contributed by atoms with E-state index in [2.05, 4.69) is 44.0 Å². The highest BCUT2D eigenvalue weighted by Gasteiger charge is 2.32. The van der Waals surface area contributed by atoms with Crippen molar-refractivity contribution in [3.63, 3.8) is 0 Å². The van der Waals surface area contributed by atoms with Crippen LogP contribution in [0.2, 0.25) is 9.36 Å². The fourth-order valence-corrected chi connectivity index (χ4v) is 5.54. The molecule has 0 N–H and O–H groups in total. The third kappa shape index (κ3) is 3.56. The monoisotopic (exact) mass is 440 g/mol. The lowest BCUT2D eigenvalue weighted by Crippen LogP contribution is -2.33. The molecule has 1 heterocycles. The van der Waals surface area contributed by atoms with Crippen molar-refractivity contribution in [1.29, 1.82) is 0 Å². The maximum absolute atomic E-state index is 6.37. The molecule has 0 amide bonds. The van der Waals surface area contributed by atoms with E-state index in [4.69, 9.17) is 23.2 Å². The summed E-state index contributed by atoms with van der Waals surface area (Å²) in [5.74, 6) is 0. The van der Waals surface area contributed by atoms with E-state index in [9.17, 15) is 0 Å². The van der Waals surface area contributed by atoms with Crippen molar-refractivity contribution in [2.45, 2.75) is 11.8 Å². The summed E-state index contributed by atoms with van der Waals surface area (Å²) in [5.41, 5.74) is 1.10. The molecule has 2 rings (SSSR count). The Morgan fingerprint density at radius 2 is 1.68 bits per heavy atom. The molecule has 1 aromatic carbocycles. The first kappa shape index (κ1) is 15.8. The Morgan fingerprint density at radius 3 is 2.21 bits per heavy atom. The number of alkyl halides is 2. The van der Waals surface area contributed by atoms with Gasteiger partial charge < -0.3 is 0 Å². The molecule has 0 fully saturated rings. The van der Waals surface area contributed by atoms with Crippen LogP contribution >= 0.6 is 66.4 Å². The predicted molar refractivity (Wildman–Crippen MR) is 93.8 cm³/mol. The van der Waals surface area contributed by atoms with Gasteiger partial charge in [-0.2, -0.15) is 0 Å². The molecule has 0 atom stereocenters. The Bertz CT molecular complexity index is 550. The molecule has 2 aromatic rings. The van der Waals surface area contributed by atoms with Crippen molar-refractivity contribution in [1.82, 2.24) is 0 Å². The average Bonchev–Trinajstić information content (AvgIpc) is 2.82. The van der Waals surface area contributed by atoms with Gasteiger partial charge >= 0.3 is 0 Å². The Balaban J connectivity index is 2.40. The van der Waals surface area contributed by atoms with Crippen molar-refractivity contribution in [3.05, 3.63) is 56.2 Å². The smallest absolute Gasteiger partial charge is 0.0931 e. The van der Waals surface area contributed by atoms with Gasteiger partial charge in [0.25, 0.3) is 0 Å². The summed E-state index contributed by atoms with van der Waals surface area (Å²) in [6.07, 6.45) is 0.907. The summed E-state index contributed by atoms with van der Waals surface area (Å²) in [5, 5.41) is 2.48. The van der Waals surface area contributed by atoms with Gasteiger partial charge in [0.2, 0.25) is 0 Å². The third-order valence-corrected chi connectivity index (χ3v) is 6.81. The molecule has 1 aromatic heterocycles. The van der Waals surface area contributed by atoms with Crippen LogP contribution in [0.3, 0.4) is 0 Å². The normalized spacial score (nSPS) is 11.8. The minimum atomic E-state index is -0.0630. The molecule has 0 nitrogen and oxygen atoms in total. The van der Waals surface area contributed by atoms with Crippen molar-refractivity contribution >= 4 is 66.4 Å². The highest BCUT2D eigenvalue weighted by atomic mass is 79.9. The zero-order chi connectivity index (χ0) is 13.9. The van der Waals surface area contributed by atoms with E-state index in [1.165, 1.54) is 4.88 Å². The summed E-state index contributed by atoms with van der Waals surface area (Å²) in [6, 6.07) is 12.1. The Hall–Kier alpha value is 0.460. The first-order valence-corrected chi connectivity index (χ1v) is 9.54. The van der Waals surface area contributed by atoms with Crippen LogP contribution in [0.25, 0.3) is 0 Å². The molecule has 0 radical (unpaired) electrons. The van der Waals surface area contributed by atoms with E-state index in [1.807, 2.05) is 24.3 Å². The Kier molecular flexibility index (Phi) is 5.79. The van der Waals surface area contributed by atoms with E-state index < -0.39 is 0 Å². The third-order valence-electron chi connectivity index (χ3n) is 3.10. The number of rotatable bonds is 5. The Labute approximate surface area is 144 Å². The van der Waals surface area contributed by atoms with Crippen LogP contribution in [-0.4, -0.2) is 10.7 Å². The van der Waals surface area contributed by atoms with Gasteiger partial charge in [-0.3, -0.25) is 0 Å². The molecule has 19 heavy (non-hydrogen) atoms. The molecule has 0 aliphatic carbocycles. The first-order chi connectivity index (χ1) is 9.11. The van der Waals surface area contributed by atoms with Crippen LogP contribution in [0, 0.1) is 0 Å². The van der Waals surface area contributed by atoms with Crippen LogP contribution in [0.15, 0.2) is 36.4 Å². The van der Waals surface area contributed by atoms with Crippen molar-refractivity contribution in [3.8, 4) is 0 Å². The lowest BCUT2D eigenvalue weighted by molar-refractivity contribution is 0.556. The second kappa shape index (κ2) is 6.95. The zero-order valence-electron chi connectivity index (χ0n) is 10.0. The molecule has 0 spiro atoms. The molecule has 102 valence electrons. The van der Waals surface area contributed by atoms with E-state index in [0.29, 0.717) is 0 Å². The van der Waals surface area contributed by atoms with Crippen molar-refractivity contribution in [2.75, 3.05) is 10.7 Å². The van der Waals surface area contributed by atoms with E-state index >= 15 is 0 Å². The largest absolute Gasteiger partial charge is 0.128 e. The minimum Gasteiger partial charge on any atom is -0.128 e. The van der Waals surface area contributed by atoms with Gasteiger partial charge in [0.15, 0.2) is 0 Å². The molecule has 0 aliphatic rings. The summed E-state index contributed by atoms with van der Waals surface area (Å²) in [7, 11) is 0. The SMILES string of the molecule is Clc1ccc(CC(CBr)(CBr)c2ccccc2Cl)s1. The molecule has 0 saturated heterocycles. The van der Waals surface area contributed by atoms with Gasteiger partial charge in [0.1, 0.15) is 0 Å². The number of halogens is 4. The van der Waals surface area contributed by atoms with Crippen LogP contribution in [-0.2, 0) is 11.8 Å². The van der Waals surface area contributed by atoms with Gasteiger partial charge in [0, 0.05) is 26.0 Å². The fraction of sp³-hybridized carbons (Fsp3) is 0.286. The second-order valence-corrected chi connectivity index (χ2v) is 7.74. The zero-order valence-corrected chi connectivity index (χ0v) is 15.5. The summed E-state index contributed by atoms with van der Waals surface area (Å²) in [6.45, 7) is 0. The minimum absolute atomic E-state index is 0.0630. The molecular weight excluding hydrogens is 431 g/mol. The van der Waals surface area contributed by atoms with Crippen LogP contribution < -0.4 is 0 Å². The van der Waals surface area contributed by atoms with E-state index in [0.717, 1.165) is 32.0 Å². The lowest BCUT2D eigenvalue weighted by Gasteiger charge is -2.31. The molecular formula is C14H12Br2Cl2S. The van der Waals surface area contributed by atoms with Crippen molar-refractivity contribution in [2.24, 2.45) is 0 Å². The second-order valence-electron chi connectivity index (χ2n) is 4.41. The molecule has 0 bridgehead atoms. The highest BCUT2D eigenvalue weighted by Crippen LogP contribution is 2.38. The summed E-state index contributed by atoms with van der Waals surface area (Å²) >= 11 is 21.3. The number of thiophene rings is 1. The maximum Gasteiger partial charge on any atom is 0.0931 e. The number of benzene rings is 1. The maximum atomic E-state index is 6.37. The summed E-state index contributed by atoms with van der Waals surface area (Å²) < 4.78 is 0.826. The van der Waals surface area contributed by atoms with Crippen molar-refractivity contribution < 1.29 is 0 Å². The van der Waals surface area contributed by atoms with E-state index in [-0.39, 0.29) is 5.41 Å². The van der Waals surface area contributed by atoms with E-state index in [1.54, 1.807) is 11.3 Å². The van der Waals surface area contributed by atoms with Gasteiger partial charge in [-0.25, -0.2) is 0 Å². The first-order valence-electron chi connectivity index (χ1n) is 5.72. The fourth-order valence-electron chi connectivity index (χ4n) is 2.04.